The molecule has 270 valence electrons. The Labute approximate surface area is 336 Å². The van der Waals surface area contributed by atoms with Crippen molar-refractivity contribution in [3.63, 3.8) is 0 Å². The molecule has 0 N–H and O–H groups in total. The number of imidazole rings is 3. The predicted octanol–water partition coefficient (Wildman–Crippen LogP) is 10.7. The summed E-state index contributed by atoms with van der Waals surface area (Å²) in [5.41, 5.74) is 10.2. The van der Waals surface area contributed by atoms with Gasteiger partial charge in [0.2, 0.25) is 0 Å². The fourth-order valence-corrected chi connectivity index (χ4v) is 6.26. The Morgan fingerprint density at radius 3 is 0.873 bits per heavy atom. The SMILES string of the molecule is Cn1ccnc1-c1[c-]cccc1-c1ccccc1.Cn1ccnc1-c1[c-]cccc1-c1ccccc1.Cn1ccnc1-c1[c-]cccc1-c1ccccc1.[Ir+3]. The molecule has 0 amide bonds. The largest absolute Gasteiger partial charge is 3.00 e. The van der Waals surface area contributed by atoms with E-state index in [1.165, 1.54) is 16.7 Å². The Balaban J connectivity index is 0.000000139. The third-order valence-corrected chi connectivity index (χ3v) is 8.96. The van der Waals surface area contributed by atoms with E-state index in [4.69, 9.17) is 0 Å². The maximum Gasteiger partial charge on any atom is 3.00 e. The Hall–Kier alpha value is -6.40. The first-order valence-electron chi connectivity index (χ1n) is 17.7. The molecule has 9 aromatic rings. The average Bonchev–Trinajstić information content (AvgIpc) is 4.00. The van der Waals surface area contributed by atoms with Crippen LogP contribution in [0, 0.1) is 18.2 Å². The number of nitrogens with zero attached hydrogens (tertiary/aromatic N) is 6. The molecule has 0 spiro atoms. The van der Waals surface area contributed by atoms with Crippen LogP contribution >= 0.6 is 0 Å². The molecular weight excluding hydrogens is 853 g/mol. The molecule has 0 aliphatic rings. The number of hydrogen-bond donors (Lipinski definition) is 0. The average molecular weight is 892 g/mol. The standard InChI is InChI=1S/3C16H13N2.Ir/c3*1-18-12-11-17-16(18)15-10-6-5-9-14(15)13-7-3-2-4-8-13;/h3*2-9,11-12H,1H3;/q3*-1;+3. The smallest absolute Gasteiger partial charge is 0.373 e. The minimum atomic E-state index is 0. The van der Waals surface area contributed by atoms with Crippen LogP contribution in [-0.2, 0) is 41.2 Å². The first-order chi connectivity index (χ1) is 26.6. The first kappa shape index (κ1) is 38.3. The number of aromatic nitrogens is 6. The van der Waals surface area contributed by atoms with Crippen LogP contribution in [-0.4, -0.2) is 28.7 Å². The quantitative estimate of drug-likeness (QED) is 0.156. The van der Waals surface area contributed by atoms with Crippen LogP contribution in [0.15, 0.2) is 183 Å². The Morgan fingerprint density at radius 2 is 0.636 bits per heavy atom. The second-order valence-corrected chi connectivity index (χ2v) is 12.6. The molecule has 6 aromatic carbocycles. The summed E-state index contributed by atoms with van der Waals surface area (Å²) in [6.45, 7) is 0. The van der Waals surface area contributed by atoms with Gasteiger partial charge in [0.25, 0.3) is 0 Å². The minimum absolute atomic E-state index is 0. The molecule has 0 fully saturated rings. The molecule has 0 atom stereocenters. The maximum atomic E-state index is 4.40. The third-order valence-electron chi connectivity index (χ3n) is 8.96. The fourth-order valence-electron chi connectivity index (χ4n) is 6.26. The van der Waals surface area contributed by atoms with Gasteiger partial charge in [-0.15, -0.1) is 89.5 Å². The normalized spacial score (nSPS) is 10.3. The number of hydrogen-bond acceptors (Lipinski definition) is 3. The van der Waals surface area contributed by atoms with E-state index in [1.54, 1.807) is 0 Å². The van der Waals surface area contributed by atoms with Crippen LogP contribution in [0.3, 0.4) is 0 Å². The van der Waals surface area contributed by atoms with Crippen LogP contribution in [0.5, 0.6) is 0 Å². The van der Waals surface area contributed by atoms with Gasteiger partial charge in [-0.3, -0.25) is 15.0 Å². The van der Waals surface area contributed by atoms with Gasteiger partial charge in [-0.25, -0.2) is 0 Å². The molecule has 3 heterocycles. The Bertz CT molecular complexity index is 2250. The van der Waals surface area contributed by atoms with Crippen molar-refractivity contribution in [1.82, 2.24) is 28.7 Å². The summed E-state index contributed by atoms with van der Waals surface area (Å²) in [4.78, 5) is 13.2. The van der Waals surface area contributed by atoms with Gasteiger partial charge in [0, 0.05) is 58.3 Å². The molecule has 3 aromatic heterocycles. The van der Waals surface area contributed by atoms with Crippen LogP contribution < -0.4 is 0 Å². The van der Waals surface area contributed by atoms with E-state index in [9.17, 15) is 0 Å². The molecule has 9 rings (SSSR count). The summed E-state index contributed by atoms with van der Waals surface area (Å²) in [5, 5.41) is 0. The van der Waals surface area contributed by atoms with Gasteiger partial charge in [0.1, 0.15) is 0 Å². The molecule has 55 heavy (non-hydrogen) atoms. The van der Waals surface area contributed by atoms with Gasteiger partial charge < -0.3 is 13.7 Å². The molecular formula is C48H39IrN6. The minimum Gasteiger partial charge on any atom is -0.373 e. The van der Waals surface area contributed by atoms with E-state index in [1.807, 2.05) is 163 Å². The Morgan fingerprint density at radius 1 is 0.364 bits per heavy atom. The second kappa shape index (κ2) is 18.6. The Kier molecular flexibility index (Phi) is 12.9. The van der Waals surface area contributed by atoms with Crippen molar-refractivity contribution in [2.75, 3.05) is 0 Å². The summed E-state index contributed by atoms with van der Waals surface area (Å²) >= 11 is 0. The summed E-state index contributed by atoms with van der Waals surface area (Å²) in [6.07, 6.45) is 11.3. The van der Waals surface area contributed by atoms with Crippen LogP contribution in [0.1, 0.15) is 0 Å². The number of rotatable bonds is 6. The molecule has 0 unspecified atom stereocenters. The zero-order valence-corrected chi connectivity index (χ0v) is 33.2. The zero-order valence-electron chi connectivity index (χ0n) is 30.8. The second-order valence-electron chi connectivity index (χ2n) is 12.6. The third kappa shape index (κ3) is 9.05. The van der Waals surface area contributed by atoms with Crippen molar-refractivity contribution in [3.05, 3.63) is 201 Å². The van der Waals surface area contributed by atoms with Crippen LogP contribution in [0.25, 0.3) is 67.5 Å². The number of aryl methyl sites for hydroxylation is 3. The van der Waals surface area contributed by atoms with E-state index in [0.717, 1.165) is 50.9 Å². The molecule has 0 aliphatic heterocycles. The van der Waals surface area contributed by atoms with E-state index in [-0.39, 0.29) is 20.1 Å². The van der Waals surface area contributed by atoms with E-state index in [0.29, 0.717) is 0 Å². The first-order valence-corrected chi connectivity index (χ1v) is 17.7. The molecule has 0 saturated heterocycles. The maximum absolute atomic E-state index is 4.40. The number of benzene rings is 6. The molecule has 0 radical (unpaired) electrons. The van der Waals surface area contributed by atoms with Gasteiger partial charge in [-0.05, 0) is 0 Å². The molecule has 7 heteroatoms. The van der Waals surface area contributed by atoms with Crippen molar-refractivity contribution < 1.29 is 20.1 Å². The van der Waals surface area contributed by atoms with Crippen molar-refractivity contribution in [1.29, 1.82) is 0 Å². The van der Waals surface area contributed by atoms with Crippen LogP contribution in [0.2, 0.25) is 0 Å². The summed E-state index contributed by atoms with van der Waals surface area (Å²) in [5.74, 6) is 2.82. The van der Waals surface area contributed by atoms with Crippen LogP contribution in [0.4, 0.5) is 0 Å². The van der Waals surface area contributed by atoms with Gasteiger partial charge >= 0.3 is 20.1 Å². The van der Waals surface area contributed by atoms with E-state index in [2.05, 4.69) is 87.7 Å². The van der Waals surface area contributed by atoms with Gasteiger partial charge in [-0.1, -0.05) is 124 Å². The molecule has 0 aliphatic carbocycles. The predicted molar refractivity (Wildman–Crippen MR) is 219 cm³/mol. The fraction of sp³-hybridized carbons (Fsp3) is 0.0625. The molecule has 0 bridgehead atoms. The summed E-state index contributed by atoms with van der Waals surface area (Å²) in [7, 11) is 5.99. The van der Waals surface area contributed by atoms with E-state index >= 15 is 0 Å². The van der Waals surface area contributed by atoms with Gasteiger partial charge in [0.05, 0.1) is 17.5 Å². The van der Waals surface area contributed by atoms with Crippen molar-refractivity contribution in [2.24, 2.45) is 21.1 Å². The van der Waals surface area contributed by atoms with Crippen molar-refractivity contribution >= 4 is 0 Å². The summed E-state index contributed by atoms with van der Waals surface area (Å²) < 4.78 is 6.04. The molecule has 6 nitrogen and oxygen atoms in total. The summed E-state index contributed by atoms with van der Waals surface area (Å²) in [6, 6.07) is 59.0. The van der Waals surface area contributed by atoms with E-state index < -0.39 is 0 Å². The van der Waals surface area contributed by atoms with Gasteiger partial charge in [-0.2, -0.15) is 0 Å². The monoisotopic (exact) mass is 892 g/mol. The zero-order chi connectivity index (χ0) is 37.1. The van der Waals surface area contributed by atoms with Crippen molar-refractivity contribution in [2.45, 2.75) is 0 Å². The molecule has 0 saturated carbocycles. The van der Waals surface area contributed by atoms with Crippen molar-refractivity contribution in [3.8, 4) is 67.5 Å². The van der Waals surface area contributed by atoms with Gasteiger partial charge in [0.15, 0.2) is 0 Å². The topological polar surface area (TPSA) is 53.5 Å².